The standard InChI is InChI=1S/C26H26FN5/c1-2-31-16-20(14-29-31)18-6-8-21(9-7-18)30-12-10-19(11-13-30)26-25-22(4-3-5-23(25)27)24-15-28-17-32(24)26/h3-9,14-17,19,26H,2,10-13H2,1H3. The van der Waals surface area contributed by atoms with Crippen molar-refractivity contribution in [2.24, 2.45) is 5.92 Å². The minimum Gasteiger partial charge on any atom is -0.372 e. The van der Waals surface area contributed by atoms with Crippen molar-refractivity contribution in [3.8, 4) is 22.4 Å². The van der Waals surface area contributed by atoms with Gasteiger partial charge in [-0.15, -0.1) is 0 Å². The van der Waals surface area contributed by atoms with Crippen LogP contribution in [0.15, 0.2) is 67.4 Å². The van der Waals surface area contributed by atoms with Crippen molar-refractivity contribution in [3.63, 3.8) is 0 Å². The van der Waals surface area contributed by atoms with E-state index in [0.29, 0.717) is 5.92 Å². The van der Waals surface area contributed by atoms with E-state index >= 15 is 0 Å². The summed E-state index contributed by atoms with van der Waals surface area (Å²) in [5, 5.41) is 4.38. The second-order valence-corrected chi connectivity index (χ2v) is 8.79. The molecule has 2 aliphatic heterocycles. The Hall–Kier alpha value is -3.41. The minimum atomic E-state index is -0.0967. The predicted molar refractivity (Wildman–Crippen MR) is 124 cm³/mol. The number of imidazole rings is 1. The highest BCUT2D eigenvalue weighted by Crippen LogP contribution is 2.46. The van der Waals surface area contributed by atoms with Gasteiger partial charge in [0.05, 0.1) is 30.5 Å². The topological polar surface area (TPSA) is 38.9 Å². The number of nitrogens with zero attached hydrogens (tertiary/aromatic N) is 5. The number of hydrogen-bond acceptors (Lipinski definition) is 3. The number of halogens is 1. The average Bonchev–Trinajstić information content (AvgIpc) is 3.56. The summed E-state index contributed by atoms with van der Waals surface area (Å²) in [6, 6.07) is 14.2. The summed E-state index contributed by atoms with van der Waals surface area (Å²) >= 11 is 0. The minimum absolute atomic E-state index is 0.0447. The maximum atomic E-state index is 14.8. The lowest BCUT2D eigenvalue weighted by molar-refractivity contribution is 0.312. The van der Waals surface area contributed by atoms with Gasteiger partial charge in [0.2, 0.25) is 0 Å². The summed E-state index contributed by atoms with van der Waals surface area (Å²) in [5.74, 6) is 0.303. The number of rotatable bonds is 4. The van der Waals surface area contributed by atoms with Gasteiger partial charge < -0.3 is 9.47 Å². The summed E-state index contributed by atoms with van der Waals surface area (Å²) in [7, 11) is 0. The Morgan fingerprint density at radius 3 is 2.56 bits per heavy atom. The van der Waals surface area contributed by atoms with Crippen LogP contribution in [0.3, 0.4) is 0 Å². The third kappa shape index (κ3) is 3.05. The van der Waals surface area contributed by atoms with E-state index in [1.165, 1.54) is 11.3 Å². The molecule has 2 aromatic carbocycles. The van der Waals surface area contributed by atoms with Gasteiger partial charge >= 0.3 is 0 Å². The SMILES string of the molecule is CCn1cc(-c2ccc(N3CCC(C4c5c(F)cccc5-c5cncn54)CC3)cc2)cn1. The molecule has 1 unspecified atom stereocenters. The van der Waals surface area contributed by atoms with Crippen LogP contribution < -0.4 is 4.90 Å². The highest BCUT2D eigenvalue weighted by Gasteiger charge is 2.37. The molecule has 0 spiro atoms. The first-order valence-corrected chi connectivity index (χ1v) is 11.4. The highest BCUT2D eigenvalue weighted by atomic mass is 19.1. The highest BCUT2D eigenvalue weighted by molar-refractivity contribution is 5.69. The zero-order valence-corrected chi connectivity index (χ0v) is 18.2. The largest absolute Gasteiger partial charge is 0.372 e. The van der Waals surface area contributed by atoms with Crippen LogP contribution in [-0.4, -0.2) is 32.4 Å². The zero-order valence-electron chi connectivity index (χ0n) is 18.2. The van der Waals surface area contributed by atoms with Crippen LogP contribution in [0.25, 0.3) is 22.4 Å². The quantitative estimate of drug-likeness (QED) is 0.438. The molecule has 4 heterocycles. The van der Waals surface area contributed by atoms with E-state index in [4.69, 9.17) is 0 Å². The summed E-state index contributed by atoms with van der Waals surface area (Å²) in [6.07, 6.45) is 9.79. The van der Waals surface area contributed by atoms with Gasteiger partial charge in [-0.25, -0.2) is 9.37 Å². The smallest absolute Gasteiger partial charge is 0.129 e. The molecule has 2 aromatic heterocycles. The number of aromatic nitrogens is 4. The normalized spacial score (nSPS) is 18.1. The summed E-state index contributed by atoms with van der Waals surface area (Å²) in [5.41, 5.74) is 6.46. The first-order chi connectivity index (χ1) is 15.7. The first kappa shape index (κ1) is 19.3. The van der Waals surface area contributed by atoms with Crippen molar-refractivity contribution in [3.05, 3.63) is 78.8 Å². The van der Waals surface area contributed by atoms with Crippen molar-refractivity contribution in [1.82, 2.24) is 19.3 Å². The molecule has 162 valence electrons. The lowest BCUT2D eigenvalue weighted by Crippen LogP contribution is -2.36. The van der Waals surface area contributed by atoms with Crippen LogP contribution in [0.5, 0.6) is 0 Å². The van der Waals surface area contributed by atoms with Crippen LogP contribution in [-0.2, 0) is 6.54 Å². The van der Waals surface area contributed by atoms with Crippen LogP contribution in [0, 0.1) is 11.7 Å². The van der Waals surface area contributed by atoms with E-state index in [0.717, 1.165) is 54.9 Å². The van der Waals surface area contributed by atoms with E-state index in [1.54, 1.807) is 12.1 Å². The maximum Gasteiger partial charge on any atom is 0.129 e. The van der Waals surface area contributed by atoms with Gasteiger partial charge in [0.25, 0.3) is 0 Å². The Morgan fingerprint density at radius 2 is 1.81 bits per heavy atom. The van der Waals surface area contributed by atoms with Crippen LogP contribution >= 0.6 is 0 Å². The molecule has 5 nitrogen and oxygen atoms in total. The fraction of sp³-hybridized carbons (Fsp3) is 0.308. The van der Waals surface area contributed by atoms with Crippen molar-refractivity contribution < 1.29 is 4.39 Å². The summed E-state index contributed by atoms with van der Waals surface area (Å²) in [6.45, 7) is 4.92. The Kier molecular flexibility index (Phi) is 4.59. The number of aryl methyl sites for hydroxylation is 1. The number of anilines is 1. The molecule has 4 aromatic rings. The fourth-order valence-electron chi connectivity index (χ4n) is 5.42. The molecule has 0 radical (unpaired) electrons. The maximum absolute atomic E-state index is 14.8. The molecule has 0 aliphatic carbocycles. The molecule has 1 saturated heterocycles. The van der Waals surface area contributed by atoms with Gasteiger partial charge in [0, 0.05) is 48.2 Å². The molecule has 0 amide bonds. The average molecular weight is 428 g/mol. The summed E-state index contributed by atoms with van der Waals surface area (Å²) < 4.78 is 19.0. The molecule has 0 N–H and O–H groups in total. The van der Waals surface area contributed by atoms with Crippen molar-refractivity contribution in [1.29, 1.82) is 0 Å². The van der Waals surface area contributed by atoms with E-state index in [-0.39, 0.29) is 11.9 Å². The second kappa shape index (κ2) is 7.62. The molecule has 0 saturated carbocycles. The number of benzene rings is 2. The van der Waals surface area contributed by atoms with E-state index in [1.807, 2.05) is 29.5 Å². The van der Waals surface area contributed by atoms with Crippen LogP contribution in [0.4, 0.5) is 10.1 Å². The molecule has 32 heavy (non-hydrogen) atoms. The van der Waals surface area contributed by atoms with Gasteiger partial charge in [-0.2, -0.15) is 5.10 Å². The van der Waals surface area contributed by atoms with Gasteiger partial charge in [-0.1, -0.05) is 24.3 Å². The Labute approximate surface area is 187 Å². The van der Waals surface area contributed by atoms with Gasteiger partial charge in [0.1, 0.15) is 5.82 Å². The zero-order chi connectivity index (χ0) is 21.7. The third-order valence-corrected chi connectivity index (χ3v) is 7.10. The molecule has 1 fully saturated rings. The van der Waals surface area contributed by atoms with Crippen molar-refractivity contribution in [2.45, 2.75) is 32.4 Å². The molecular formula is C26H26FN5. The van der Waals surface area contributed by atoms with Crippen LogP contribution in [0.1, 0.15) is 31.4 Å². The van der Waals surface area contributed by atoms with Crippen LogP contribution in [0.2, 0.25) is 0 Å². The molecule has 0 bridgehead atoms. The molecule has 2 aliphatic rings. The molecular weight excluding hydrogens is 401 g/mol. The molecule has 6 rings (SSSR count). The second-order valence-electron chi connectivity index (χ2n) is 8.79. The number of fused-ring (bicyclic) bond motifs is 3. The van der Waals surface area contributed by atoms with Crippen molar-refractivity contribution in [2.75, 3.05) is 18.0 Å². The Bertz CT molecular complexity index is 1250. The fourth-order valence-corrected chi connectivity index (χ4v) is 5.42. The van der Waals surface area contributed by atoms with Gasteiger partial charge in [0.15, 0.2) is 0 Å². The van der Waals surface area contributed by atoms with E-state index in [2.05, 4.69) is 56.9 Å². The Morgan fingerprint density at radius 1 is 1.00 bits per heavy atom. The van der Waals surface area contributed by atoms with Gasteiger partial charge in [-0.3, -0.25) is 4.68 Å². The lowest BCUT2D eigenvalue weighted by atomic mass is 9.85. The van der Waals surface area contributed by atoms with E-state index in [9.17, 15) is 4.39 Å². The van der Waals surface area contributed by atoms with Crippen molar-refractivity contribution >= 4 is 5.69 Å². The third-order valence-electron chi connectivity index (χ3n) is 7.10. The monoisotopic (exact) mass is 427 g/mol. The predicted octanol–water partition coefficient (Wildman–Crippen LogP) is 5.39. The number of hydrogen-bond donors (Lipinski definition) is 0. The molecule has 1 atom stereocenters. The van der Waals surface area contributed by atoms with Gasteiger partial charge in [-0.05, 0) is 49.4 Å². The summed E-state index contributed by atoms with van der Waals surface area (Å²) in [4.78, 5) is 6.79. The lowest BCUT2D eigenvalue weighted by Gasteiger charge is -2.37. The first-order valence-electron chi connectivity index (χ1n) is 11.4. The molecule has 6 heteroatoms. The van der Waals surface area contributed by atoms with E-state index < -0.39 is 0 Å². The Balaban J connectivity index is 1.19. The number of piperidine rings is 1.